The van der Waals surface area contributed by atoms with E-state index >= 15 is 0 Å². The average Bonchev–Trinajstić information content (AvgIpc) is 2.28. The highest BCUT2D eigenvalue weighted by atomic mass is 79.9. The van der Waals surface area contributed by atoms with Crippen molar-refractivity contribution in [3.05, 3.63) is 28.2 Å². The lowest BCUT2D eigenvalue weighted by molar-refractivity contribution is 0.226. The molecule has 0 fully saturated rings. The normalized spacial score (nSPS) is 13.9. The smallest absolute Gasteiger partial charge is 0.100 e. The van der Waals surface area contributed by atoms with E-state index in [9.17, 15) is 0 Å². The van der Waals surface area contributed by atoms with E-state index in [2.05, 4.69) is 27.3 Å². The third-order valence-electron chi connectivity index (χ3n) is 2.63. The van der Waals surface area contributed by atoms with Crippen molar-refractivity contribution in [2.75, 3.05) is 11.9 Å². The predicted octanol–water partition coefficient (Wildman–Crippen LogP) is 2.75. The molecule has 0 bridgehead atoms. The van der Waals surface area contributed by atoms with Gasteiger partial charge in [-0.25, -0.2) is 0 Å². The number of aliphatic hydroxyl groups excluding tert-OH is 1. The van der Waals surface area contributed by atoms with Crippen LogP contribution in [0.3, 0.4) is 0 Å². The molecule has 0 spiro atoms. The summed E-state index contributed by atoms with van der Waals surface area (Å²) in [5, 5.41) is 21.1. The molecular weight excluding hydrogens is 268 g/mol. The van der Waals surface area contributed by atoms with Gasteiger partial charge in [0.1, 0.15) is 6.07 Å². The van der Waals surface area contributed by atoms with Gasteiger partial charge in [0, 0.05) is 22.8 Å². The molecule has 2 atom stereocenters. The number of rotatable bonds is 4. The van der Waals surface area contributed by atoms with Crippen LogP contribution in [0.2, 0.25) is 0 Å². The lowest BCUT2D eigenvalue weighted by Gasteiger charge is -2.20. The lowest BCUT2D eigenvalue weighted by Crippen LogP contribution is -2.26. The Labute approximate surface area is 104 Å². The summed E-state index contributed by atoms with van der Waals surface area (Å²) < 4.78 is 0.781. The van der Waals surface area contributed by atoms with Gasteiger partial charge >= 0.3 is 0 Å². The summed E-state index contributed by atoms with van der Waals surface area (Å²) in [4.78, 5) is 0. The van der Waals surface area contributed by atoms with E-state index in [1.807, 2.05) is 26.0 Å². The molecule has 0 saturated heterocycles. The van der Waals surface area contributed by atoms with Crippen molar-refractivity contribution < 1.29 is 5.11 Å². The summed E-state index contributed by atoms with van der Waals surface area (Å²) in [6.45, 7) is 4.16. The number of hydrogen-bond donors (Lipinski definition) is 2. The van der Waals surface area contributed by atoms with Crippen molar-refractivity contribution in [2.45, 2.75) is 19.9 Å². The number of hydrogen-bond acceptors (Lipinski definition) is 3. The first kappa shape index (κ1) is 13.0. The minimum absolute atomic E-state index is 0.158. The van der Waals surface area contributed by atoms with Gasteiger partial charge in [0.05, 0.1) is 5.56 Å². The summed E-state index contributed by atoms with van der Waals surface area (Å²) in [6, 6.07) is 7.79. The summed E-state index contributed by atoms with van der Waals surface area (Å²) in [7, 11) is 0. The Morgan fingerprint density at radius 2 is 2.19 bits per heavy atom. The zero-order valence-electron chi connectivity index (χ0n) is 9.37. The molecule has 0 aliphatic rings. The predicted molar refractivity (Wildman–Crippen MR) is 68.2 cm³/mol. The van der Waals surface area contributed by atoms with Crippen molar-refractivity contribution in [1.29, 1.82) is 5.26 Å². The topological polar surface area (TPSA) is 56.0 Å². The number of benzene rings is 1. The molecular formula is C12H15BrN2O. The summed E-state index contributed by atoms with van der Waals surface area (Å²) in [5.74, 6) is 0.189. The fourth-order valence-corrected chi connectivity index (χ4v) is 1.73. The zero-order valence-corrected chi connectivity index (χ0v) is 11.0. The van der Waals surface area contributed by atoms with Crippen LogP contribution in [0.25, 0.3) is 0 Å². The van der Waals surface area contributed by atoms with Crippen molar-refractivity contribution in [1.82, 2.24) is 0 Å². The molecule has 1 aromatic rings. The van der Waals surface area contributed by atoms with Crippen LogP contribution < -0.4 is 5.32 Å². The van der Waals surface area contributed by atoms with Gasteiger partial charge in [-0.2, -0.15) is 5.26 Å². The van der Waals surface area contributed by atoms with Gasteiger partial charge in [0.25, 0.3) is 0 Å². The van der Waals surface area contributed by atoms with Crippen molar-refractivity contribution in [3.8, 4) is 6.07 Å². The molecule has 0 aromatic heterocycles. The molecule has 4 heteroatoms. The van der Waals surface area contributed by atoms with E-state index in [0.717, 1.165) is 10.2 Å². The Morgan fingerprint density at radius 3 is 2.69 bits per heavy atom. The second-order valence-corrected chi connectivity index (χ2v) is 4.75. The molecule has 1 aromatic carbocycles. The largest absolute Gasteiger partial charge is 0.396 e. The number of anilines is 1. The van der Waals surface area contributed by atoms with Crippen LogP contribution >= 0.6 is 15.9 Å². The third-order valence-corrected chi connectivity index (χ3v) is 3.28. The quantitative estimate of drug-likeness (QED) is 0.893. The highest BCUT2D eigenvalue weighted by Crippen LogP contribution is 2.22. The van der Waals surface area contributed by atoms with E-state index in [1.165, 1.54) is 0 Å². The Balaban J connectivity index is 2.76. The summed E-state index contributed by atoms with van der Waals surface area (Å²) in [5.41, 5.74) is 1.56. The first-order chi connectivity index (χ1) is 7.58. The van der Waals surface area contributed by atoms with Crippen LogP contribution in [0.1, 0.15) is 19.4 Å². The Kier molecular flexibility index (Phi) is 4.78. The van der Waals surface area contributed by atoms with Crippen molar-refractivity contribution in [3.63, 3.8) is 0 Å². The molecule has 16 heavy (non-hydrogen) atoms. The molecule has 0 aliphatic heterocycles. The number of halogens is 1. The molecule has 0 radical (unpaired) electrons. The molecule has 2 unspecified atom stereocenters. The maximum atomic E-state index is 9.03. The van der Waals surface area contributed by atoms with Crippen LogP contribution in [0, 0.1) is 17.2 Å². The van der Waals surface area contributed by atoms with Crippen LogP contribution in [-0.2, 0) is 0 Å². The Morgan fingerprint density at radius 1 is 1.50 bits per heavy atom. The first-order valence-electron chi connectivity index (χ1n) is 5.15. The van der Waals surface area contributed by atoms with E-state index in [1.54, 1.807) is 6.07 Å². The third kappa shape index (κ3) is 3.22. The molecule has 0 saturated carbocycles. The SMILES string of the molecule is CC(CO)C(C)Nc1ccc(C#N)c(Br)c1. The fraction of sp³-hybridized carbons (Fsp3) is 0.417. The molecule has 1 rings (SSSR count). The van der Waals surface area contributed by atoms with Crippen LogP contribution in [0.15, 0.2) is 22.7 Å². The zero-order chi connectivity index (χ0) is 12.1. The highest BCUT2D eigenvalue weighted by Gasteiger charge is 2.11. The van der Waals surface area contributed by atoms with Crippen LogP contribution in [0.4, 0.5) is 5.69 Å². The number of nitrogens with one attached hydrogen (secondary N) is 1. The Hall–Kier alpha value is -1.05. The fourth-order valence-electron chi connectivity index (χ4n) is 1.26. The second-order valence-electron chi connectivity index (χ2n) is 3.90. The Bertz CT molecular complexity index is 400. The molecule has 3 nitrogen and oxygen atoms in total. The minimum Gasteiger partial charge on any atom is -0.396 e. The molecule has 0 aliphatic carbocycles. The van der Waals surface area contributed by atoms with Gasteiger partial charge in [-0.05, 0) is 47.0 Å². The van der Waals surface area contributed by atoms with E-state index < -0.39 is 0 Å². The minimum atomic E-state index is 0.158. The van der Waals surface area contributed by atoms with Crippen molar-refractivity contribution in [2.24, 2.45) is 5.92 Å². The van der Waals surface area contributed by atoms with E-state index in [4.69, 9.17) is 10.4 Å². The van der Waals surface area contributed by atoms with E-state index in [-0.39, 0.29) is 18.6 Å². The summed E-state index contributed by atoms with van der Waals surface area (Å²) >= 11 is 3.34. The number of nitriles is 1. The highest BCUT2D eigenvalue weighted by molar-refractivity contribution is 9.10. The van der Waals surface area contributed by atoms with Gasteiger partial charge in [0.15, 0.2) is 0 Å². The monoisotopic (exact) mass is 282 g/mol. The second kappa shape index (κ2) is 5.88. The van der Waals surface area contributed by atoms with Gasteiger partial charge in [0.2, 0.25) is 0 Å². The van der Waals surface area contributed by atoms with Crippen LogP contribution in [0.5, 0.6) is 0 Å². The van der Waals surface area contributed by atoms with Crippen molar-refractivity contribution >= 4 is 21.6 Å². The average molecular weight is 283 g/mol. The number of nitrogens with zero attached hydrogens (tertiary/aromatic N) is 1. The first-order valence-corrected chi connectivity index (χ1v) is 5.94. The summed E-state index contributed by atoms with van der Waals surface area (Å²) in [6.07, 6.45) is 0. The molecule has 2 N–H and O–H groups in total. The van der Waals surface area contributed by atoms with E-state index in [0.29, 0.717) is 5.56 Å². The van der Waals surface area contributed by atoms with Gasteiger partial charge in [-0.1, -0.05) is 6.92 Å². The molecule has 0 heterocycles. The number of aliphatic hydroxyl groups is 1. The maximum Gasteiger partial charge on any atom is 0.100 e. The maximum absolute atomic E-state index is 9.03. The molecule has 86 valence electrons. The van der Waals surface area contributed by atoms with Gasteiger partial charge < -0.3 is 10.4 Å². The van der Waals surface area contributed by atoms with Gasteiger partial charge in [-0.3, -0.25) is 0 Å². The van der Waals surface area contributed by atoms with Crippen LogP contribution in [-0.4, -0.2) is 17.8 Å². The molecule has 0 amide bonds. The standard InChI is InChI=1S/C12H15BrN2O/c1-8(7-16)9(2)15-11-4-3-10(6-14)12(13)5-11/h3-5,8-9,15-16H,7H2,1-2H3. The van der Waals surface area contributed by atoms with Gasteiger partial charge in [-0.15, -0.1) is 0 Å². The lowest BCUT2D eigenvalue weighted by atomic mass is 10.0.